The number of halogens is 1. The van der Waals surface area contributed by atoms with Gasteiger partial charge in [-0.1, -0.05) is 6.07 Å². The van der Waals surface area contributed by atoms with Crippen molar-refractivity contribution in [3.05, 3.63) is 59.7 Å². The van der Waals surface area contributed by atoms with Crippen molar-refractivity contribution in [2.24, 2.45) is 0 Å². The van der Waals surface area contributed by atoms with Crippen LogP contribution >= 0.6 is 0 Å². The van der Waals surface area contributed by atoms with Gasteiger partial charge >= 0.3 is 0 Å². The largest absolute Gasteiger partial charge is 0.367 e. The third-order valence-corrected chi connectivity index (χ3v) is 3.87. The van der Waals surface area contributed by atoms with Crippen molar-refractivity contribution in [3.8, 4) is 6.07 Å². The van der Waals surface area contributed by atoms with Crippen molar-refractivity contribution < 1.29 is 9.18 Å². The van der Waals surface area contributed by atoms with Gasteiger partial charge < -0.3 is 9.80 Å². The molecule has 0 bridgehead atoms. The monoisotopic (exact) mass is 310 g/mol. The first-order valence-corrected chi connectivity index (χ1v) is 7.33. The Hall–Kier alpha value is -2.94. The highest BCUT2D eigenvalue weighted by Gasteiger charge is 2.22. The highest BCUT2D eigenvalue weighted by atomic mass is 19.1. The van der Waals surface area contributed by atoms with E-state index in [1.807, 2.05) is 12.1 Å². The van der Waals surface area contributed by atoms with Gasteiger partial charge in [0.1, 0.15) is 17.6 Å². The standard InChI is InChI=1S/C17H15FN4O/c18-14-3-1-2-13(10-14)17(23)22-8-6-21(7-9-22)16-5-4-15(11-19)20-12-16/h1-5,10,12H,6-9H2. The molecule has 1 saturated heterocycles. The number of benzene rings is 1. The molecular formula is C17H15FN4O. The molecule has 0 unspecified atom stereocenters. The minimum absolute atomic E-state index is 0.151. The summed E-state index contributed by atoms with van der Waals surface area (Å²) in [6.45, 7) is 2.48. The lowest BCUT2D eigenvalue weighted by Gasteiger charge is -2.36. The topological polar surface area (TPSA) is 60.2 Å². The van der Waals surface area contributed by atoms with Crippen molar-refractivity contribution in [1.82, 2.24) is 9.88 Å². The van der Waals surface area contributed by atoms with Crippen LogP contribution in [0.5, 0.6) is 0 Å². The Morgan fingerprint density at radius 1 is 1.17 bits per heavy atom. The Kier molecular flexibility index (Phi) is 4.20. The molecular weight excluding hydrogens is 295 g/mol. The predicted octanol–water partition coefficient (Wildman–Crippen LogP) is 2.05. The zero-order valence-corrected chi connectivity index (χ0v) is 12.4. The summed E-state index contributed by atoms with van der Waals surface area (Å²) in [4.78, 5) is 20.3. The number of nitriles is 1. The van der Waals surface area contributed by atoms with Crippen LogP contribution in [-0.4, -0.2) is 42.0 Å². The molecule has 6 heteroatoms. The summed E-state index contributed by atoms with van der Waals surface area (Å²) >= 11 is 0. The number of pyridine rings is 1. The summed E-state index contributed by atoms with van der Waals surface area (Å²) in [5, 5.41) is 8.77. The molecule has 0 radical (unpaired) electrons. The SMILES string of the molecule is N#Cc1ccc(N2CCN(C(=O)c3cccc(F)c3)CC2)cn1. The molecule has 5 nitrogen and oxygen atoms in total. The van der Waals surface area contributed by atoms with E-state index in [-0.39, 0.29) is 5.91 Å². The van der Waals surface area contributed by atoms with Crippen molar-refractivity contribution in [2.75, 3.05) is 31.1 Å². The van der Waals surface area contributed by atoms with E-state index in [0.717, 1.165) is 5.69 Å². The molecule has 2 aromatic rings. The zero-order chi connectivity index (χ0) is 16.2. The maximum atomic E-state index is 13.2. The number of hydrogen-bond acceptors (Lipinski definition) is 4. The van der Waals surface area contributed by atoms with E-state index in [1.165, 1.54) is 12.1 Å². The first-order chi connectivity index (χ1) is 11.2. The van der Waals surface area contributed by atoms with Gasteiger partial charge in [0.05, 0.1) is 11.9 Å². The Balaban J connectivity index is 1.64. The Morgan fingerprint density at radius 3 is 2.57 bits per heavy atom. The summed E-state index contributed by atoms with van der Waals surface area (Å²) in [5.74, 6) is -0.555. The van der Waals surface area contributed by atoms with E-state index in [9.17, 15) is 9.18 Å². The number of anilines is 1. The molecule has 116 valence electrons. The second-order valence-corrected chi connectivity index (χ2v) is 5.30. The minimum atomic E-state index is -0.404. The van der Waals surface area contributed by atoms with Crippen LogP contribution < -0.4 is 4.90 Å². The fraction of sp³-hybridized carbons (Fsp3) is 0.235. The second kappa shape index (κ2) is 6.44. The molecule has 3 rings (SSSR count). The molecule has 0 spiro atoms. The average molecular weight is 310 g/mol. The van der Waals surface area contributed by atoms with Crippen molar-refractivity contribution in [3.63, 3.8) is 0 Å². The van der Waals surface area contributed by atoms with Crippen molar-refractivity contribution in [1.29, 1.82) is 5.26 Å². The first-order valence-electron chi connectivity index (χ1n) is 7.33. The fourth-order valence-electron chi connectivity index (χ4n) is 2.61. The Labute approximate surface area is 133 Å². The van der Waals surface area contributed by atoms with Gasteiger partial charge in [0.2, 0.25) is 0 Å². The number of nitrogens with zero attached hydrogens (tertiary/aromatic N) is 4. The number of aromatic nitrogens is 1. The van der Waals surface area contributed by atoms with Crippen LogP contribution in [0.25, 0.3) is 0 Å². The number of piperazine rings is 1. The van der Waals surface area contributed by atoms with Crippen LogP contribution in [0.4, 0.5) is 10.1 Å². The third kappa shape index (κ3) is 3.29. The van der Waals surface area contributed by atoms with Crippen LogP contribution in [0.2, 0.25) is 0 Å². The molecule has 1 aromatic carbocycles. The maximum Gasteiger partial charge on any atom is 0.254 e. The first kappa shape index (κ1) is 15.0. The van der Waals surface area contributed by atoms with Gasteiger partial charge in [0, 0.05) is 31.7 Å². The lowest BCUT2D eigenvalue weighted by molar-refractivity contribution is 0.0746. The van der Waals surface area contributed by atoms with Crippen LogP contribution in [0.15, 0.2) is 42.6 Å². The molecule has 1 aliphatic rings. The highest BCUT2D eigenvalue weighted by molar-refractivity contribution is 5.94. The van der Waals surface area contributed by atoms with E-state index < -0.39 is 5.82 Å². The molecule has 0 aliphatic carbocycles. The third-order valence-electron chi connectivity index (χ3n) is 3.87. The van der Waals surface area contributed by atoms with Crippen molar-refractivity contribution >= 4 is 11.6 Å². The fourth-order valence-corrected chi connectivity index (χ4v) is 2.61. The number of carbonyl (C=O) groups excluding carboxylic acids is 1. The molecule has 0 atom stereocenters. The molecule has 2 heterocycles. The summed E-state index contributed by atoms with van der Waals surface area (Å²) < 4.78 is 13.2. The maximum absolute atomic E-state index is 13.2. The summed E-state index contributed by atoms with van der Waals surface area (Å²) in [6, 6.07) is 11.3. The number of rotatable bonds is 2. The highest BCUT2D eigenvalue weighted by Crippen LogP contribution is 2.17. The zero-order valence-electron chi connectivity index (χ0n) is 12.4. The van der Waals surface area contributed by atoms with E-state index in [4.69, 9.17) is 5.26 Å². The van der Waals surface area contributed by atoms with Gasteiger partial charge in [-0.25, -0.2) is 9.37 Å². The van der Waals surface area contributed by atoms with E-state index in [1.54, 1.807) is 29.3 Å². The molecule has 0 saturated carbocycles. The quantitative estimate of drug-likeness (QED) is 0.852. The van der Waals surface area contributed by atoms with Gasteiger partial charge in [-0.3, -0.25) is 4.79 Å². The minimum Gasteiger partial charge on any atom is -0.367 e. The van der Waals surface area contributed by atoms with Crippen molar-refractivity contribution in [2.45, 2.75) is 0 Å². The van der Waals surface area contributed by atoms with E-state index >= 15 is 0 Å². The number of hydrogen-bond donors (Lipinski definition) is 0. The summed E-state index contributed by atoms with van der Waals surface area (Å²) in [6.07, 6.45) is 1.67. The van der Waals surface area contributed by atoms with Crippen LogP contribution in [0.1, 0.15) is 16.1 Å². The van der Waals surface area contributed by atoms with E-state index in [0.29, 0.717) is 37.4 Å². The van der Waals surface area contributed by atoms with E-state index in [2.05, 4.69) is 9.88 Å². The molecule has 23 heavy (non-hydrogen) atoms. The van der Waals surface area contributed by atoms with Gasteiger partial charge in [-0.2, -0.15) is 5.26 Å². The molecule has 1 fully saturated rings. The number of carbonyl (C=O) groups is 1. The van der Waals surface area contributed by atoms with Gasteiger partial charge in [0.15, 0.2) is 0 Å². The number of amides is 1. The molecule has 0 N–H and O–H groups in total. The lowest BCUT2D eigenvalue weighted by Crippen LogP contribution is -2.48. The smallest absolute Gasteiger partial charge is 0.254 e. The van der Waals surface area contributed by atoms with Crippen LogP contribution in [0, 0.1) is 17.1 Å². The Bertz CT molecular complexity index is 746. The van der Waals surface area contributed by atoms with Gasteiger partial charge in [-0.15, -0.1) is 0 Å². The normalized spacial score (nSPS) is 14.4. The molecule has 1 aliphatic heterocycles. The van der Waals surface area contributed by atoms with Gasteiger partial charge in [0.25, 0.3) is 5.91 Å². The van der Waals surface area contributed by atoms with Crippen LogP contribution in [-0.2, 0) is 0 Å². The summed E-state index contributed by atoms with van der Waals surface area (Å²) in [5.41, 5.74) is 1.69. The Morgan fingerprint density at radius 2 is 1.96 bits per heavy atom. The predicted molar refractivity (Wildman–Crippen MR) is 83.5 cm³/mol. The molecule has 1 aromatic heterocycles. The summed E-state index contributed by atoms with van der Waals surface area (Å²) in [7, 11) is 0. The lowest BCUT2D eigenvalue weighted by atomic mass is 10.1. The second-order valence-electron chi connectivity index (χ2n) is 5.30. The van der Waals surface area contributed by atoms with Gasteiger partial charge in [-0.05, 0) is 30.3 Å². The molecule has 1 amide bonds. The average Bonchev–Trinajstić information content (AvgIpc) is 2.61. The van der Waals surface area contributed by atoms with Crippen LogP contribution in [0.3, 0.4) is 0 Å².